The molecular formula is C13H19NO2. The minimum atomic E-state index is 0.423. The minimum Gasteiger partial charge on any atom is -0.457 e. The van der Waals surface area contributed by atoms with Crippen LogP contribution in [0.4, 0.5) is 0 Å². The van der Waals surface area contributed by atoms with E-state index in [1.54, 1.807) is 6.07 Å². The lowest BCUT2D eigenvalue weighted by molar-refractivity contribution is 0.0862. The van der Waals surface area contributed by atoms with Crippen molar-refractivity contribution >= 4 is 6.29 Å². The smallest absolute Gasteiger partial charge is 0.185 e. The van der Waals surface area contributed by atoms with Crippen molar-refractivity contribution in [1.29, 1.82) is 0 Å². The van der Waals surface area contributed by atoms with Gasteiger partial charge >= 0.3 is 0 Å². The molecule has 1 aliphatic heterocycles. The van der Waals surface area contributed by atoms with Crippen molar-refractivity contribution < 1.29 is 9.21 Å². The number of carbonyl (C=O) groups excluding carboxylic acids is 1. The summed E-state index contributed by atoms with van der Waals surface area (Å²) < 4.78 is 5.42. The Morgan fingerprint density at radius 2 is 2.06 bits per heavy atom. The van der Waals surface area contributed by atoms with Gasteiger partial charge in [-0.05, 0) is 38.8 Å². The zero-order valence-corrected chi connectivity index (χ0v) is 9.98. The van der Waals surface area contributed by atoms with Gasteiger partial charge in [0.1, 0.15) is 5.76 Å². The largest absolute Gasteiger partial charge is 0.457 e. The molecule has 2 rings (SSSR count). The van der Waals surface area contributed by atoms with E-state index in [1.165, 1.54) is 19.3 Å². The van der Waals surface area contributed by atoms with Gasteiger partial charge in [0.05, 0.1) is 6.54 Å². The van der Waals surface area contributed by atoms with E-state index in [1.807, 2.05) is 6.07 Å². The molecule has 1 fully saturated rings. The molecule has 1 aliphatic rings. The van der Waals surface area contributed by atoms with E-state index in [2.05, 4.69) is 18.7 Å². The van der Waals surface area contributed by atoms with Gasteiger partial charge in [-0.25, -0.2) is 0 Å². The highest BCUT2D eigenvalue weighted by molar-refractivity contribution is 5.70. The van der Waals surface area contributed by atoms with E-state index in [9.17, 15) is 4.79 Å². The highest BCUT2D eigenvalue weighted by Crippen LogP contribution is 2.24. The normalized spacial score (nSPS) is 26.9. The standard InChI is InChI=1S/C13H19NO2/c1-10-4-3-5-11(2)14(10)8-12-6-7-13(9-15)16-12/h6-7,9-11H,3-5,8H2,1-2H3. The van der Waals surface area contributed by atoms with Gasteiger partial charge in [-0.15, -0.1) is 0 Å². The summed E-state index contributed by atoms with van der Waals surface area (Å²) in [5, 5.41) is 0. The SMILES string of the molecule is CC1CCCC(C)N1Cc1ccc(C=O)o1. The molecule has 1 aromatic heterocycles. The molecule has 16 heavy (non-hydrogen) atoms. The topological polar surface area (TPSA) is 33.5 Å². The van der Waals surface area contributed by atoms with Crippen LogP contribution in [0.2, 0.25) is 0 Å². The van der Waals surface area contributed by atoms with Crippen molar-refractivity contribution in [2.75, 3.05) is 0 Å². The summed E-state index contributed by atoms with van der Waals surface area (Å²) in [6.45, 7) is 5.34. The van der Waals surface area contributed by atoms with Crippen LogP contribution in [0, 0.1) is 0 Å². The van der Waals surface area contributed by atoms with Crippen LogP contribution in [0.1, 0.15) is 49.4 Å². The average Bonchev–Trinajstić information content (AvgIpc) is 2.71. The molecule has 88 valence electrons. The minimum absolute atomic E-state index is 0.423. The molecule has 0 aliphatic carbocycles. The lowest BCUT2D eigenvalue weighted by atomic mass is 9.97. The Balaban J connectivity index is 2.04. The first-order valence-corrected chi connectivity index (χ1v) is 6.00. The van der Waals surface area contributed by atoms with Gasteiger partial charge in [0.25, 0.3) is 0 Å². The maximum absolute atomic E-state index is 10.5. The molecule has 0 bridgehead atoms. The van der Waals surface area contributed by atoms with Gasteiger partial charge in [0.2, 0.25) is 0 Å². The number of furan rings is 1. The van der Waals surface area contributed by atoms with Crippen LogP contribution < -0.4 is 0 Å². The number of nitrogens with zero attached hydrogens (tertiary/aromatic N) is 1. The lowest BCUT2D eigenvalue weighted by Gasteiger charge is -2.38. The zero-order valence-electron chi connectivity index (χ0n) is 9.98. The fourth-order valence-electron chi connectivity index (χ4n) is 2.51. The number of likely N-dealkylation sites (tertiary alicyclic amines) is 1. The van der Waals surface area contributed by atoms with Gasteiger partial charge < -0.3 is 4.42 Å². The van der Waals surface area contributed by atoms with Crippen molar-refractivity contribution in [2.45, 2.75) is 51.7 Å². The van der Waals surface area contributed by atoms with Crippen molar-refractivity contribution in [3.05, 3.63) is 23.7 Å². The van der Waals surface area contributed by atoms with E-state index in [0.29, 0.717) is 17.8 Å². The third-order valence-electron chi connectivity index (χ3n) is 3.51. The zero-order chi connectivity index (χ0) is 11.5. The number of hydrogen-bond acceptors (Lipinski definition) is 3. The Hall–Kier alpha value is -1.09. The van der Waals surface area contributed by atoms with Crippen LogP contribution in [0.15, 0.2) is 16.5 Å². The van der Waals surface area contributed by atoms with E-state index in [4.69, 9.17) is 4.42 Å². The van der Waals surface area contributed by atoms with Gasteiger partial charge in [0, 0.05) is 12.1 Å². The first-order valence-electron chi connectivity index (χ1n) is 6.00. The Morgan fingerprint density at radius 3 is 2.62 bits per heavy atom. The molecule has 2 heterocycles. The van der Waals surface area contributed by atoms with Crippen molar-refractivity contribution in [2.24, 2.45) is 0 Å². The quantitative estimate of drug-likeness (QED) is 0.736. The maximum atomic E-state index is 10.5. The number of hydrogen-bond donors (Lipinski definition) is 0. The summed E-state index contributed by atoms with van der Waals surface area (Å²) in [7, 11) is 0. The predicted octanol–water partition coefficient (Wildman–Crippen LogP) is 2.86. The highest BCUT2D eigenvalue weighted by atomic mass is 16.3. The molecule has 1 saturated heterocycles. The maximum Gasteiger partial charge on any atom is 0.185 e. The second-order valence-corrected chi connectivity index (χ2v) is 4.72. The third-order valence-corrected chi connectivity index (χ3v) is 3.51. The molecule has 0 aromatic carbocycles. The Labute approximate surface area is 96.4 Å². The lowest BCUT2D eigenvalue weighted by Crippen LogP contribution is -2.42. The molecular weight excluding hydrogens is 202 g/mol. The summed E-state index contributed by atoms with van der Waals surface area (Å²) in [6.07, 6.45) is 4.58. The third kappa shape index (κ3) is 2.35. The molecule has 1 aromatic rings. The van der Waals surface area contributed by atoms with Crippen molar-refractivity contribution in [3.8, 4) is 0 Å². The Kier molecular flexibility index (Phi) is 3.44. The number of rotatable bonds is 3. The van der Waals surface area contributed by atoms with Crippen LogP contribution in [0.25, 0.3) is 0 Å². The van der Waals surface area contributed by atoms with Gasteiger partial charge in [0.15, 0.2) is 12.0 Å². The second kappa shape index (κ2) is 4.83. The van der Waals surface area contributed by atoms with Crippen LogP contribution in [0.5, 0.6) is 0 Å². The summed E-state index contributed by atoms with van der Waals surface area (Å²) in [4.78, 5) is 13.0. The molecule has 0 radical (unpaired) electrons. The Morgan fingerprint density at radius 1 is 1.38 bits per heavy atom. The van der Waals surface area contributed by atoms with Crippen LogP contribution in [-0.4, -0.2) is 23.3 Å². The molecule has 0 amide bonds. The molecule has 2 unspecified atom stereocenters. The first kappa shape index (κ1) is 11.4. The van der Waals surface area contributed by atoms with Crippen LogP contribution >= 0.6 is 0 Å². The van der Waals surface area contributed by atoms with E-state index >= 15 is 0 Å². The van der Waals surface area contributed by atoms with Crippen LogP contribution in [-0.2, 0) is 6.54 Å². The summed E-state index contributed by atoms with van der Waals surface area (Å²) >= 11 is 0. The summed E-state index contributed by atoms with van der Waals surface area (Å²) in [6, 6.07) is 4.85. The van der Waals surface area contributed by atoms with E-state index in [-0.39, 0.29) is 0 Å². The van der Waals surface area contributed by atoms with Gasteiger partial charge in [-0.3, -0.25) is 9.69 Å². The van der Waals surface area contributed by atoms with E-state index < -0.39 is 0 Å². The fourth-order valence-corrected chi connectivity index (χ4v) is 2.51. The molecule has 3 heteroatoms. The van der Waals surface area contributed by atoms with Gasteiger partial charge in [-0.1, -0.05) is 6.42 Å². The number of piperidine rings is 1. The predicted molar refractivity (Wildman–Crippen MR) is 62.4 cm³/mol. The highest BCUT2D eigenvalue weighted by Gasteiger charge is 2.25. The first-order chi connectivity index (χ1) is 7.70. The van der Waals surface area contributed by atoms with E-state index in [0.717, 1.165) is 18.6 Å². The summed E-state index contributed by atoms with van der Waals surface area (Å²) in [5.41, 5.74) is 0. The molecule has 0 saturated carbocycles. The summed E-state index contributed by atoms with van der Waals surface area (Å²) in [5.74, 6) is 1.31. The second-order valence-electron chi connectivity index (χ2n) is 4.72. The van der Waals surface area contributed by atoms with Crippen molar-refractivity contribution in [1.82, 2.24) is 4.90 Å². The number of aldehydes is 1. The van der Waals surface area contributed by atoms with Crippen molar-refractivity contribution in [3.63, 3.8) is 0 Å². The monoisotopic (exact) mass is 221 g/mol. The van der Waals surface area contributed by atoms with Gasteiger partial charge in [-0.2, -0.15) is 0 Å². The average molecular weight is 221 g/mol. The molecule has 0 spiro atoms. The fraction of sp³-hybridized carbons (Fsp3) is 0.615. The molecule has 2 atom stereocenters. The molecule has 3 nitrogen and oxygen atoms in total. The number of carbonyl (C=O) groups is 1. The Bertz CT molecular complexity index is 349. The molecule has 0 N–H and O–H groups in total. The van der Waals surface area contributed by atoms with Crippen LogP contribution in [0.3, 0.4) is 0 Å².